The molecule has 1 saturated heterocycles. The van der Waals surface area contributed by atoms with Gasteiger partial charge in [0.2, 0.25) is 0 Å². The van der Waals surface area contributed by atoms with E-state index < -0.39 is 17.7 Å². The van der Waals surface area contributed by atoms with Gasteiger partial charge in [0.15, 0.2) is 0 Å². The first kappa shape index (κ1) is 21.0. The molecular formula is C22H27FN2O4. The summed E-state index contributed by atoms with van der Waals surface area (Å²) in [6.07, 6.45) is 1.73. The molecule has 2 heterocycles. The van der Waals surface area contributed by atoms with Crippen molar-refractivity contribution in [3.05, 3.63) is 58.2 Å². The third-order valence-corrected chi connectivity index (χ3v) is 5.26. The van der Waals surface area contributed by atoms with E-state index in [0.29, 0.717) is 18.8 Å². The number of halogens is 1. The van der Waals surface area contributed by atoms with Crippen LogP contribution in [0.25, 0.3) is 0 Å². The van der Waals surface area contributed by atoms with Crippen LogP contribution in [0.4, 0.5) is 4.39 Å². The average Bonchev–Trinajstić information content (AvgIpc) is 3.30. The van der Waals surface area contributed by atoms with E-state index in [1.165, 1.54) is 12.1 Å². The van der Waals surface area contributed by atoms with Crippen LogP contribution in [0.2, 0.25) is 0 Å². The Morgan fingerprint density at radius 3 is 2.72 bits per heavy atom. The van der Waals surface area contributed by atoms with E-state index in [4.69, 9.17) is 9.47 Å². The normalized spacial score (nSPS) is 16.1. The predicted molar refractivity (Wildman–Crippen MR) is 106 cm³/mol. The summed E-state index contributed by atoms with van der Waals surface area (Å²) < 4.78 is 25.1. The van der Waals surface area contributed by atoms with Gasteiger partial charge >= 0.3 is 5.97 Å². The van der Waals surface area contributed by atoms with Crippen LogP contribution >= 0.6 is 0 Å². The first-order valence-corrected chi connectivity index (χ1v) is 9.92. The number of nitrogens with one attached hydrogen (secondary N) is 1. The number of carbonyl (C=O) groups excluding carboxylic acids is 2. The maximum atomic E-state index is 14.3. The van der Waals surface area contributed by atoms with Crippen LogP contribution in [0.15, 0.2) is 24.3 Å². The number of benzene rings is 1. The van der Waals surface area contributed by atoms with E-state index in [0.717, 1.165) is 29.7 Å². The highest BCUT2D eigenvalue weighted by molar-refractivity contribution is 5.94. The zero-order valence-electron chi connectivity index (χ0n) is 17.1. The van der Waals surface area contributed by atoms with Gasteiger partial charge in [0.05, 0.1) is 18.3 Å². The maximum absolute atomic E-state index is 14.3. The maximum Gasteiger partial charge on any atom is 0.355 e. The summed E-state index contributed by atoms with van der Waals surface area (Å²) in [7, 11) is 0. The SMILES string of the molecule is CCOC(=O)c1[nH]c(C)c(CN(C[C@H]2CCCO2)C(=O)c2ccccc2F)c1C. The summed E-state index contributed by atoms with van der Waals surface area (Å²) in [6.45, 7) is 6.99. The molecule has 1 atom stereocenters. The van der Waals surface area contributed by atoms with Gasteiger partial charge in [0.25, 0.3) is 5.91 Å². The molecule has 0 aliphatic carbocycles. The van der Waals surface area contributed by atoms with Crippen molar-refractivity contribution >= 4 is 11.9 Å². The molecule has 1 fully saturated rings. The van der Waals surface area contributed by atoms with Crippen molar-refractivity contribution in [3.8, 4) is 0 Å². The fourth-order valence-corrected chi connectivity index (χ4v) is 3.68. The molecule has 1 aliphatic rings. The van der Waals surface area contributed by atoms with Crippen molar-refractivity contribution in [1.82, 2.24) is 9.88 Å². The first-order chi connectivity index (χ1) is 13.9. The van der Waals surface area contributed by atoms with Gasteiger partial charge in [-0.2, -0.15) is 0 Å². The lowest BCUT2D eigenvalue weighted by Gasteiger charge is -2.26. The summed E-state index contributed by atoms with van der Waals surface area (Å²) in [5, 5.41) is 0. The van der Waals surface area contributed by atoms with Crippen LogP contribution in [0.3, 0.4) is 0 Å². The third-order valence-electron chi connectivity index (χ3n) is 5.26. The summed E-state index contributed by atoms with van der Waals surface area (Å²) in [5.74, 6) is -1.37. The Morgan fingerprint density at radius 1 is 1.31 bits per heavy atom. The van der Waals surface area contributed by atoms with E-state index in [-0.39, 0.29) is 24.8 Å². The molecular weight excluding hydrogens is 375 g/mol. The molecule has 1 N–H and O–H groups in total. The van der Waals surface area contributed by atoms with Crippen molar-refractivity contribution in [1.29, 1.82) is 0 Å². The van der Waals surface area contributed by atoms with Gasteiger partial charge in [-0.25, -0.2) is 9.18 Å². The van der Waals surface area contributed by atoms with Gasteiger partial charge in [0, 0.05) is 25.4 Å². The molecule has 29 heavy (non-hydrogen) atoms. The minimum Gasteiger partial charge on any atom is -0.461 e. The van der Waals surface area contributed by atoms with Gasteiger partial charge in [-0.05, 0) is 56.9 Å². The Morgan fingerprint density at radius 2 is 2.07 bits per heavy atom. The number of nitrogens with zero attached hydrogens (tertiary/aromatic N) is 1. The largest absolute Gasteiger partial charge is 0.461 e. The molecule has 0 saturated carbocycles. The number of H-pyrrole nitrogens is 1. The predicted octanol–water partition coefficient (Wildman–Crippen LogP) is 3.77. The van der Waals surface area contributed by atoms with Crippen LogP contribution in [-0.4, -0.2) is 47.6 Å². The van der Waals surface area contributed by atoms with Crippen LogP contribution < -0.4 is 0 Å². The van der Waals surface area contributed by atoms with E-state index >= 15 is 0 Å². The molecule has 7 heteroatoms. The summed E-state index contributed by atoms with van der Waals surface area (Å²) in [5.41, 5.74) is 2.76. The monoisotopic (exact) mass is 402 g/mol. The van der Waals surface area contributed by atoms with E-state index in [2.05, 4.69) is 4.98 Å². The van der Waals surface area contributed by atoms with Crippen molar-refractivity contribution in [3.63, 3.8) is 0 Å². The molecule has 3 rings (SSSR count). The van der Waals surface area contributed by atoms with Crippen LogP contribution in [0.5, 0.6) is 0 Å². The molecule has 1 aliphatic heterocycles. The molecule has 0 bridgehead atoms. The van der Waals surface area contributed by atoms with Gasteiger partial charge < -0.3 is 19.4 Å². The zero-order chi connectivity index (χ0) is 21.0. The van der Waals surface area contributed by atoms with Gasteiger partial charge in [-0.1, -0.05) is 12.1 Å². The molecule has 0 spiro atoms. The smallest absolute Gasteiger partial charge is 0.355 e. The minimum atomic E-state index is -0.551. The average molecular weight is 402 g/mol. The standard InChI is InChI=1S/C22H27FN2O4/c1-4-28-22(27)20-14(2)18(15(3)24-20)13-25(12-16-8-7-11-29-16)21(26)17-9-5-6-10-19(17)23/h5-6,9-10,16,24H,4,7-8,11-13H2,1-3H3/t16-/m1/s1. The fraction of sp³-hybridized carbons (Fsp3) is 0.455. The number of rotatable bonds is 7. The minimum absolute atomic E-state index is 0.0296. The molecule has 0 radical (unpaired) electrons. The molecule has 2 aromatic rings. The highest BCUT2D eigenvalue weighted by atomic mass is 19.1. The molecule has 1 aromatic carbocycles. The lowest BCUT2D eigenvalue weighted by atomic mass is 10.1. The highest BCUT2D eigenvalue weighted by Gasteiger charge is 2.27. The number of carbonyl (C=O) groups is 2. The first-order valence-electron chi connectivity index (χ1n) is 9.92. The molecule has 156 valence electrons. The highest BCUT2D eigenvalue weighted by Crippen LogP contribution is 2.24. The second-order valence-electron chi connectivity index (χ2n) is 7.25. The van der Waals surface area contributed by atoms with Crippen LogP contribution in [0, 0.1) is 19.7 Å². The Bertz CT molecular complexity index is 887. The number of hydrogen-bond donors (Lipinski definition) is 1. The number of aromatic amines is 1. The number of aromatic nitrogens is 1. The summed E-state index contributed by atoms with van der Waals surface area (Å²) >= 11 is 0. The Balaban J connectivity index is 1.90. The number of ether oxygens (including phenoxy) is 2. The topological polar surface area (TPSA) is 71.6 Å². The quantitative estimate of drug-likeness (QED) is 0.716. The summed E-state index contributed by atoms with van der Waals surface area (Å²) in [4.78, 5) is 30.0. The van der Waals surface area contributed by atoms with E-state index in [1.54, 1.807) is 24.0 Å². The fourth-order valence-electron chi connectivity index (χ4n) is 3.68. The second-order valence-corrected chi connectivity index (χ2v) is 7.25. The van der Waals surface area contributed by atoms with Gasteiger partial charge in [-0.3, -0.25) is 4.79 Å². The van der Waals surface area contributed by atoms with Crippen molar-refractivity contribution in [2.24, 2.45) is 0 Å². The Kier molecular flexibility index (Phi) is 6.69. The molecule has 0 unspecified atom stereocenters. The van der Waals surface area contributed by atoms with Crippen molar-refractivity contribution in [2.45, 2.75) is 46.3 Å². The third kappa shape index (κ3) is 4.67. The number of amides is 1. The molecule has 1 amide bonds. The lowest BCUT2D eigenvalue weighted by Crippen LogP contribution is -2.37. The number of esters is 1. The van der Waals surface area contributed by atoms with E-state index in [9.17, 15) is 14.0 Å². The zero-order valence-corrected chi connectivity index (χ0v) is 17.1. The van der Waals surface area contributed by atoms with Crippen LogP contribution in [-0.2, 0) is 16.0 Å². The Hall–Kier alpha value is -2.67. The number of hydrogen-bond acceptors (Lipinski definition) is 4. The Labute approximate surface area is 170 Å². The molecule has 1 aromatic heterocycles. The lowest BCUT2D eigenvalue weighted by molar-refractivity contribution is 0.0503. The molecule has 6 nitrogen and oxygen atoms in total. The van der Waals surface area contributed by atoms with Crippen LogP contribution in [0.1, 0.15) is 57.4 Å². The van der Waals surface area contributed by atoms with Crippen molar-refractivity contribution in [2.75, 3.05) is 19.8 Å². The van der Waals surface area contributed by atoms with E-state index in [1.807, 2.05) is 13.8 Å². The summed E-state index contributed by atoms with van der Waals surface area (Å²) in [6, 6.07) is 5.97. The van der Waals surface area contributed by atoms with Crippen molar-refractivity contribution < 1.29 is 23.5 Å². The van der Waals surface area contributed by atoms with Gasteiger partial charge in [0.1, 0.15) is 11.5 Å². The number of aryl methyl sites for hydroxylation is 1. The van der Waals surface area contributed by atoms with Gasteiger partial charge in [-0.15, -0.1) is 0 Å². The second kappa shape index (κ2) is 9.22.